The Balaban J connectivity index is 2.17. The summed E-state index contributed by atoms with van der Waals surface area (Å²) in [5.74, 6) is 0. The van der Waals surface area contributed by atoms with Gasteiger partial charge in [-0.1, -0.05) is 0 Å². The first-order valence-corrected chi connectivity index (χ1v) is 3.68. The van der Waals surface area contributed by atoms with E-state index in [-0.39, 0.29) is 0 Å². The van der Waals surface area contributed by atoms with Crippen molar-refractivity contribution >= 4 is 22.9 Å². The van der Waals surface area contributed by atoms with Crippen molar-refractivity contribution in [1.29, 1.82) is 0 Å². The van der Waals surface area contributed by atoms with Crippen molar-refractivity contribution in [1.82, 2.24) is 13.7 Å². The van der Waals surface area contributed by atoms with E-state index < -0.39 is 0 Å². The van der Waals surface area contributed by atoms with Crippen LogP contribution in [0, 0.1) is 0 Å². The molecule has 4 heteroatoms. The second-order valence-electron chi connectivity index (χ2n) is 1.77. The predicted molar refractivity (Wildman–Crippen MR) is 41.6 cm³/mol. The fraction of sp³-hybridized carbons (Fsp3) is 1.00. The van der Waals surface area contributed by atoms with Gasteiger partial charge in [-0.15, -0.1) is 0 Å². The standard InChI is InChI=1S/C4H10IN3/c5-8-2-1-6-3-7-4-8/h6-7H,1-4H2. The highest BCUT2D eigenvalue weighted by molar-refractivity contribution is 14.1. The lowest BCUT2D eigenvalue weighted by Crippen LogP contribution is -2.27. The Kier molecular flexibility index (Phi) is 3.03. The number of hydrogen-bond donors (Lipinski definition) is 2. The Hall–Kier alpha value is 0.610. The molecule has 0 unspecified atom stereocenters. The first kappa shape index (κ1) is 6.73. The molecule has 1 saturated heterocycles. The van der Waals surface area contributed by atoms with Gasteiger partial charge in [0.05, 0.1) is 6.67 Å². The predicted octanol–water partition coefficient (Wildman–Crippen LogP) is -0.254. The first-order valence-electron chi connectivity index (χ1n) is 2.72. The quantitative estimate of drug-likeness (QED) is 0.441. The Morgan fingerprint density at radius 3 is 3.12 bits per heavy atom. The molecule has 2 N–H and O–H groups in total. The number of nitrogens with zero attached hydrogens (tertiary/aromatic N) is 1. The summed E-state index contributed by atoms with van der Waals surface area (Å²) in [5, 5.41) is 6.42. The fourth-order valence-corrected chi connectivity index (χ4v) is 1.12. The van der Waals surface area contributed by atoms with E-state index in [1.54, 1.807) is 0 Å². The lowest BCUT2D eigenvalue weighted by molar-refractivity contribution is 0.509. The van der Waals surface area contributed by atoms with E-state index in [1.807, 2.05) is 0 Å². The van der Waals surface area contributed by atoms with Crippen molar-refractivity contribution in [2.45, 2.75) is 0 Å². The molecule has 0 saturated carbocycles. The zero-order chi connectivity index (χ0) is 5.82. The molecule has 1 rings (SSSR count). The van der Waals surface area contributed by atoms with E-state index >= 15 is 0 Å². The second-order valence-corrected chi connectivity index (χ2v) is 3.14. The zero-order valence-corrected chi connectivity index (χ0v) is 6.81. The van der Waals surface area contributed by atoms with Gasteiger partial charge in [0.25, 0.3) is 0 Å². The van der Waals surface area contributed by atoms with E-state index in [4.69, 9.17) is 0 Å². The normalized spacial score (nSPS) is 25.1. The van der Waals surface area contributed by atoms with Crippen LogP contribution in [0.3, 0.4) is 0 Å². The summed E-state index contributed by atoms with van der Waals surface area (Å²) in [6.45, 7) is 4.16. The van der Waals surface area contributed by atoms with E-state index in [0.29, 0.717) is 0 Å². The molecule has 1 aliphatic heterocycles. The Bertz CT molecular complexity index is 60.3. The molecular weight excluding hydrogens is 217 g/mol. The van der Waals surface area contributed by atoms with Crippen LogP contribution in [0.1, 0.15) is 0 Å². The zero-order valence-electron chi connectivity index (χ0n) is 4.65. The van der Waals surface area contributed by atoms with Crippen molar-refractivity contribution in [2.75, 3.05) is 26.4 Å². The highest BCUT2D eigenvalue weighted by Gasteiger charge is 2.01. The lowest BCUT2D eigenvalue weighted by atomic mass is 10.6. The third kappa shape index (κ3) is 2.25. The van der Waals surface area contributed by atoms with Crippen molar-refractivity contribution in [3.8, 4) is 0 Å². The molecule has 0 aromatic heterocycles. The van der Waals surface area contributed by atoms with Crippen molar-refractivity contribution in [2.24, 2.45) is 0 Å². The molecule has 0 aromatic rings. The topological polar surface area (TPSA) is 27.3 Å². The van der Waals surface area contributed by atoms with Crippen molar-refractivity contribution < 1.29 is 0 Å². The molecule has 0 aliphatic carbocycles. The van der Waals surface area contributed by atoms with Gasteiger partial charge in [-0.25, -0.2) is 3.11 Å². The van der Waals surface area contributed by atoms with Gasteiger partial charge in [-0.2, -0.15) is 0 Å². The monoisotopic (exact) mass is 227 g/mol. The van der Waals surface area contributed by atoms with Crippen LogP contribution < -0.4 is 10.6 Å². The van der Waals surface area contributed by atoms with Crippen LogP contribution in [0.15, 0.2) is 0 Å². The summed E-state index contributed by atoms with van der Waals surface area (Å²) < 4.78 is 2.22. The Morgan fingerprint density at radius 1 is 1.38 bits per heavy atom. The molecule has 48 valence electrons. The van der Waals surface area contributed by atoms with Crippen LogP contribution in [-0.4, -0.2) is 29.5 Å². The van der Waals surface area contributed by atoms with Gasteiger partial charge in [0, 0.05) is 42.6 Å². The van der Waals surface area contributed by atoms with Crippen LogP contribution >= 0.6 is 22.9 Å². The third-order valence-electron chi connectivity index (χ3n) is 1.06. The highest BCUT2D eigenvalue weighted by Crippen LogP contribution is 1.94. The molecule has 0 spiro atoms. The number of hydrogen-bond acceptors (Lipinski definition) is 3. The average Bonchev–Trinajstić information content (AvgIpc) is 1.94. The van der Waals surface area contributed by atoms with Gasteiger partial charge in [0.2, 0.25) is 0 Å². The largest absolute Gasteiger partial charge is 0.303 e. The first-order chi connectivity index (χ1) is 3.89. The van der Waals surface area contributed by atoms with E-state index in [9.17, 15) is 0 Å². The molecule has 1 aliphatic rings. The van der Waals surface area contributed by atoms with Gasteiger partial charge in [-0.05, 0) is 0 Å². The van der Waals surface area contributed by atoms with Gasteiger partial charge in [0.15, 0.2) is 0 Å². The summed E-state index contributed by atoms with van der Waals surface area (Å²) >= 11 is 2.31. The molecule has 1 heterocycles. The maximum absolute atomic E-state index is 3.22. The maximum atomic E-state index is 3.22. The lowest BCUT2D eigenvalue weighted by Gasteiger charge is -2.07. The Morgan fingerprint density at radius 2 is 2.25 bits per heavy atom. The van der Waals surface area contributed by atoms with Gasteiger partial charge < -0.3 is 5.32 Å². The van der Waals surface area contributed by atoms with Crippen LogP contribution in [0.5, 0.6) is 0 Å². The van der Waals surface area contributed by atoms with Gasteiger partial charge >= 0.3 is 0 Å². The fourth-order valence-electron chi connectivity index (χ4n) is 0.633. The van der Waals surface area contributed by atoms with Crippen LogP contribution in [-0.2, 0) is 0 Å². The molecule has 0 atom stereocenters. The van der Waals surface area contributed by atoms with E-state index in [0.717, 1.165) is 26.4 Å². The highest BCUT2D eigenvalue weighted by atomic mass is 127. The SMILES string of the molecule is IN1CCNCNC1. The molecule has 0 bridgehead atoms. The third-order valence-corrected chi connectivity index (χ3v) is 1.89. The summed E-state index contributed by atoms with van der Waals surface area (Å²) in [6, 6.07) is 0. The number of nitrogens with one attached hydrogen (secondary N) is 2. The van der Waals surface area contributed by atoms with E-state index in [2.05, 4.69) is 36.6 Å². The minimum atomic E-state index is 0.944. The summed E-state index contributed by atoms with van der Waals surface area (Å²) in [7, 11) is 0. The van der Waals surface area contributed by atoms with Gasteiger partial charge in [0.1, 0.15) is 0 Å². The molecule has 1 fully saturated rings. The summed E-state index contributed by atoms with van der Waals surface area (Å²) in [5.41, 5.74) is 0. The molecule has 0 radical (unpaired) electrons. The van der Waals surface area contributed by atoms with Crippen LogP contribution in [0.4, 0.5) is 0 Å². The van der Waals surface area contributed by atoms with Gasteiger partial charge in [-0.3, -0.25) is 5.32 Å². The molecule has 0 amide bonds. The smallest absolute Gasteiger partial charge is 0.0584 e. The molecule has 3 nitrogen and oxygen atoms in total. The summed E-state index contributed by atoms with van der Waals surface area (Å²) in [6.07, 6.45) is 0. The minimum Gasteiger partial charge on any atom is -0.303 e. The van der Waals surface area contributed by atoms with Crippen molar-refractivity contribution in [3.05, 3.63) is 0 Å². The van der Waals surface area contributed by atoms with Crippen LogP contribution in [0.25, 0.3) is 0 Å². The summed E-state index contributed by atoms with van der Waals surface area (Å²) in [4.78, 5) is 0. The maximum Gasteiger partial charge on any atom is 0.0584 e. The average molecular weight is 227 g/mol. The van der Waals surface area contributed by atoms with Crippen molar-refractivity contribution in [3.63, 3.8) is 0 Å². The molecular formula is C4H10IN3. The molecule has 8 heavy (non-hydrogen) atoms. The van der Waals surface area contributed by atoms with Crippen LogP contribution in [0.2, 0.25) is 0 Å². The number of halogens is 1. The number of rotatable bonds is 0. The second kappa shape index (κ2) is 3.60. The Labute approximate surface area is 63.3 Å². The van der Waals surface area contributed by atoms with E-state index in [1.165, 1.54) is 0 Å². The molecule has 0 aromatic carbocycles. The minimum absolute atomic E-state index is 0.944.